The molecule has 50 heavy (non-hydrogen) atoms. The maximum Gasteiger partial charge on any atom is 0.340 e. The van der Waals surface area contributed by atoms with Crippen molar-refractivity contribution < 1.29 is 24.2 Å². The van der Waals surface area contributed by atoms with E-state index in [2.05, 4.69) is 41.5 Å². The first-order valence-corrected chi connectivity index (χ1v) is 21.8. The fourth-order valence-corrected chi connectivity index (χ4v) is 13.8. The van der Waals surface area contributed by atoms with Gasteiger partial charge in [-0.3, -0.25) is 0 Å². The molecule has 2 N–H and O–H groups in total. The normalized spacial score (nSPS) is 37.2. The fourth-order valence-electron chi connectivity index (χ4n) is 11.7. The Morgan fingerprint density at radius 1 is 1.02 bits per heavy atom. The number of anilines is 1. The smallest absolute Gasteiger partial charge is 0.340 e. The lowest BCUT2D eigenvalue weighted by atomic mass is 9.44. The van der Waals surface area contributed by atoms with Gasteiger partial charge in [0, 0.05) is 29.2 Å². The van der Waals surface area contributed by atoms with E-state index in [0.717, 1.165) is 97.4 Å². The van der Waals surface area contributed by atoms with Crippen LogP contribution in [0.3, 0.4) is 0 Å². The summed E-state index contributed by atoms with van der Waals surface area (Å²) in [5, 5.41) is 15.2. The number of nitrogens with one attached hydrogen (secondary N) is 1. The lowest BCUT2D eigenvalue weighted by Crippen LogP contribution is -2.52. The number of aliphatic hydroxyl groups is 1. The predicted octanol–water partition coefficient (Wildman–Crippen LogP) is 9.17. The molecule has 0 aromatic carbocycles. The SMILES string of the molecule is CCC1(/C=C2\OC(=O)C3=C2CC[C@H]2[C@@H]4CC[C@@]5(C6=C4Cc4ccnc(c4)NCSS[C@@H](O)[C@@H](C4CCCCC4)C/C=C\5OC6=O)[C@@H]32)CCCC1. The van der Waals surface area contributed by atoms with E-state index in [1.54, 1.807) is 10.8 Å². The van der Waals surface area contributed by atoms with Gasteiger partial charge < -0.3 is 19.9 Å². The van der Waals surface area contributed by atoms with Crippen molar-refractivity contribution in [2.45, 2.75) is 115 Å². The number of aromatic nitrogens is 1. The summed E-state index contributed by atoms with van der Waals surface area (Å²) >= 11 is 0. The Hall–Kier alpha value is -2.49. The van der Waals surface area contributed by atoms with E-state index in [1.807, 2.05) is 6.20 Å². The van der Waals surface area contributed by atoms with Crippen LogP contribution in [-0.2, 0) is 25.5 Å². The van der Waals surface area contributed by atoms with E-state index < -0.39 is 10.9 Å². The highest BCUT2D eigenvalue weighted by molar-refractivity contribution is 8.76. The summed E-state index contributed by atoms with van der Waals surface area (Å²) in [7, 11) is 3.17. The number of allylic oxidation sites excluding steroid dienone is 5. The molecule has 7 bridgehead atoms. The zero-order valence-corrected chi connectivity index (χ0v) is 30.8. The Kier molecular flexibility index (Phi) is 8.79. The lowest BCUT2D eigenvalue weighted by Gasteiger charge is -2.56. The minimum absolute atomic E-state index is 0.0525. The van der Waals surface area contributed by atoms with E-state index >= 15 is 0 Å². The van der Waals surface area contributed by atoms with Crippen LogP contribution in [0.4, 0.5) is 5.82 Å². The largest absolute Gasteiger partial charge is 0.427 e. The number of carbonyl (C=O) groups is 2. The van der Waals surface area contributed by atoms with Crippen molar-refractivity contribution in [2.24, 2.45) is 40.4 Å². The predicted molar refractivity (Wildman–Crippen MR) is 197 cm³/mol. The van der Waals surface area contributed by atoms with Crippen LogP contribution in [-0.4, -0.2) is 33.3 Å². The summed E-state index contributed by atoms with van der Waals surface area (Å²) in [4.78, 5) is 33.2. The molecule has 6 atom stereocenters. The average Bonchev–Trinajstić information content (AvgIpc) is 3.82. The highest BCUT2D eigenvalue weighted by Crippen LogP contribution is 2.71. The summed E-state index contributed by atoms with van der Waals surface area (Å²) in [6.45, 7) is 2.26. The van der Waals surface area contributed by atoms with Gasteiger partial charge in [-0.25, -0.2) is 14.6 Å². The Bertz CT molecular complexity index is 1700. The van der Waals surface area contributed by atoms with Crippen LogP contribution in [0.5, 0.6) is 0 Å². The molecular weight excluding hydrogens is 665 g/mol. The van der Waals surface area contributed by atoms with Gasteiger partial charge in [-0.05, 0) is 111 Å². The van der Waals surface area contributed by atoms with Crippen LogP contribution < -0.4 is 5.32 Å². The fraction of sp³-hybridized carbons (Fsp3) is 0.634. The van der Waals surface area contributed by atoms with Crippen molar-refractivity contribution in [1.29, 1.82) is 0 Å². The van der Waals surface area contributed by atoms with Crippen LogP contribution >= 0.6 is 21.6 Å². The zero-order chi connectivity index (χ0) is 34.0. The van der Waals surface area contributed by atoms with E-state index in [9.17, 15) is 14.7 Å². The van der Waals surface area contributed by atoms with Crippen molar-refractivity contribution in [2.75, 3.05) is 11.2 Å². The molecule has 1 aromatic rings. The highest BCUT2D eigenvalue weighted by Gasteiger charge is 2.68. The lowest BCUT2D eigenvalue weighted by molar-refractivity contribution is -0.135. The molecule has 6 aliphatic carbocycles. The van der Waals surface area contributed by atoms with Crippen molar-refractivity contribution in [3.05, 3.63) is 69.9 Å². The molecule has 0 unspecified atom stereocenters. The van der Waals surface area contributed by atoms with Crippen molar-refractivity contribution in [3.8, 4) is 0 Å². The maximum absolute atomic E-state index is 14.4. The number of hydrogen-bond acceptors (Lipinski definition) is 9. The van der Waals surface area contributed by atoms with Gasteiger partial charge in [0.1, 0.15) is 22.8 Å². The Balaban J connectivity index is 1.20. The molecule has 1 saturated heterocycles. The van der Waals surface area contributed by atoms with Crippen LogP contribution in [0.15, 0.2) is 64.3 Å². The second-order valence-electron chi connectivity index (χ2n) is 16.3. The maximum atomic E-state index is 14.4. The van der Waals surface area contributed by atoms with Gasteiger partial charge in [0.2, 0.25) is 0 Å². The molecule has 3 saturated carbocycles. The average molecular weight is 715 g/mol. The molecule has 266 valence electrons. The molecule has 9 heteroatoms. The Morgan fingerprint density at radius 3 is 2.68 bits per heavy atom. The number of aliphatic hydroxyl groups excluding tert-OH is 1. The molecule has 9 aliphatic rings. The monoisotopic (exact) mass is 714 g/mol. The van der Waals surface area contributed by atoms with E-state index in [0.29, 0.717) is 24.6 Å². The summed E-state index contributed by atoms with van der Waals surface area (Å²) in [5.41, 5.74) is 3.90. The first-order chi connectivity index (χ1) is 24.4. The van der Waals surface area contributed by atoms with Gasteiger partial charge in [-0.1, -0.05) is 79.0 Å². The second kappa shape index (κ2) is 13.2. The standard InChI is InChI=1S/C41H50N2O5S2/c1-2-40(16-6-7-17-40)22-31-29-11-10-28-27-14-18-41(35(28)34(29)37(44)47-31)32-13-12-26(25-8-4-3-5-9-25)39(46)50-49-23-43-33-21-24(15-19-42-33)20-30(27)36(41)38(45)48-32/h13,15,19,21-22,25-28,35,39,46H,2-12,14,16-18,20,23H2,1H3,(H,42,43)/b31-22-,32-13+/t26-,27+,28+,35-,39-,41+/m1/s1. The van der Waals surface area contributed by atoms with Crippen molar-refractivity contribution in [1.82, 2.24) is 4.98 Å². The summed E-state index contributed by atoms with van der Waals surface area (Å²) in [6.07, 6.45) is 22.9. The molecule has 4 fully saturated rings. The topological polar surface area (TPSA) is 97.8 Å². The third kappa shape index (κ3) is 5.38. The number of rotatable bonds is 3. The Morgan fingerprint density at radius 2 is 1.86 bits per heavy atom. The van der Waals surface area contributed by atoms with E-state index in [-0.39, 0.29) is 41.0 Å². The van der Waals surface area contributed by atoms with Gasteiger partial charge in [-0.2, -0.15) is 0 Å². The van der Waals surface area contributed by atoms with Crippen molar-refractivity contribution in [3.63, 3.8) is 0 Å². The number of cyclic esters (lactones) is 1. The molecule has 0 radical (unpaired) electrons. The molecule has 3 aliphatic heterocycles. The van der Waals surface area contributed by atoms with Crippen LogP contribution in [0.1, 0.15) is 109 Å². The van der Waals surface area contributed by atoms with E-state index in [4.69, 9.17) is 9.47 Å². The minimum Gasteiger partial charge on any atom is -0.427 e. The number of ether oxygens (including phenoxy) is 2. The van der Waals surface area contributed by atoms with Crippen molar-refractivity contribution >= 4 is 39.3 Å². The van der Waals surface area contributed by atoms with Gasteiger partial charge in [0.15, 0.2) is 0 Å². The Labute approximate surface area is 304 Å². The molecule has 1 spiro atoms. The first kappa shape index (κ1) is 33.4. The summed E-state index contributed by atoms with van der Waals surface area (Å²) in [5.74, 6) is 3.32. The first-order valence-electron chi connectivity index (χ1n) is 19.4. The van der Waals surface area contributed by atoms with Crippen LogP contribution in [0, 0.1) is 40.4 Å². The van der Waals surface area contributed by atoms with Gasteiger partial charge in [-0.15, -0.1) is 0 Å². The van der Waals surface area contributed by atoms with Crippen LogP contribution in [0.2, 0.25) is 0 Å². The zero-order valence-electron chi connectivity index (χ0n) is 29.2. The summed E-state index contributed by atoms with van der Waals surface area (Å²) in [6, 6.07) is 4.17. The second-order valence-corrected chi connectivity index (χ2v) is 18.8. The number of fused-ring (bicyclic) bond motifs is 3. The van der Waals surface area contributed by atoms with E-state index in [1.165, 1.54) is 48.5 Å². The molecule has 7 nitrogen and oxygen atoms in total. The molecule has 1 aromatic heterocycles. The third-order valence-corrected chi connectivity index (χ3v) is 16.4. The molecule has 0 amide bonds. The quantitative estimate of drug-likeness (QED) is 0.235. The highest BCUT2D eigenvalue weighted by atomic mass is 33.1. The van der Waals surface area contributed by atoms with Crippen LogP contribution in [0.25, 0.3) is 0 Å². The third-order valence-electron chi connectivity index (χ3n) is 14.1. The summed E-state index contributed by atoms with van der Waals surface area (Å²) < 4.78 is 12.7. The number of carbonyl (C=O) groups excluding carboxylic acids is 2. The number of esters is 2. The van der Waals surface area contributed by atoms with Gasteiger partial charge >= 0.3 is 11.9 Å². The number of nitrogens with zero attached hydrogens (tertiary/aromatic N) is 1. The molecular formula is C41H50N2O5S2. The number of pyridine rings is 1. The minimum atomic E-state index is -0.688. The molecule has 4 heterocycles. The van der Waals surface area contributed by atoms with Gasteiger partial charge in [0.25, 0.3) is 0 Å². The number of hydrogen-bond donors (Lipinski definition) is 2. The molecule has 10 rings (SSSR count). The van der Waals surface area contributed by atoms with Gasteiger partial charge in [0.05, 0.1) is 16.9 Å².